The molecule has 2 aromatic carbocycles. The highest BCUT2D eigenvalue weighted by molar-refractivity contribution is 6.74. The van der Waals surface area contributed by atoms with E-state index >= 15 is 0 Å². The normalized spacial score (nSPS) is 26.7. The lowest BCUT2D eigenvalue weighted by Gasteiger charge is -2.37. The fraction of sp³-hybridized carbons (Fsp3) is 0.469. The lowest BCUT2D eigenvalue weighted by atomic mass is 9.71. The molecule has 0 N–H and O–H groups in total. The highest BCUT2D eigenvalue weighted by Gasteiger charge is 2.73. The average Bonchev–Trinajstić information content (AvgIpc) is 3.53. The molecule has 0 aromatic heterocycles. The fourth-order valence-corrected chi connectivity index (χ4v) is 7.04. The van der Waals surface area contributed by atoms with Gasteiger partial charge in [0.15, 0.2) is 8.32 Å². The van der Waals surface area contributed by atoms with Crippen molar-refractivity contribution in [1.82, 2.24) is 0 Å². The van der Waals surface area contributed by atoms with Gasteiger partial charge in [0, 0.05) is 13.0 Å². The second-order valence-corrected chi connectivity index (χ2v) is 17.8. The van der Waals surface area contributed by atoms with Crippen LogP contribution in [0.4, 0.5) is 18.9 Å². The van der Waals surface area contributed by atoms with E-state index in [1.807, 2.05) is 30.3 Å². The maximum atomic E-state index is 14.0. The van der Waals surface area contributed by atoms with Gasteiger partial charge in [0.05, 0.1) is 47.9 Å². The predicted molar refractivity (Wildman–Crippen MR) is 155 cm³/mol. The first-order chi connectivity index (χ1) is 20.1. The van der Waals surface area contributed by atoms with Gasteiger partial charge in [0.2, 0.25) is 11.8 Å². The number of rotatable bonds is 9. The number of anilines is 1. The van der Waals surface area contributed by atoms with Crippen LogP contribution in [0.1, 0.15) is 43.9 Å². The van der Waals surface area contributed by atoms with E-state index in [2.05, 4.69) is 33.9 Å². The van der Waals surface area contributed by atoms with E-state index in [0.29, 0.717) is 6.07 Å². The quantitative estimate of drug-likeness (QED) is 0.185. The smallest absolute Gasteiger partial charge is 0.417 e. The highest BCUT2D eigenvalue weighted by Crippen LogP contribution is 2.59. The summed E-state index contributed by atoms with van der Waals surface area (Å²) >= 11 is 0. The van der Waals surface area contributed by atoms with Crippen LogP contribution in [0.25, 0.3) is 0 Å². The molecule has 43 heavy (non-hydrogen) atoms. The number of carbonyl (C=O) groups excluding carboxylic acids is 2. The van der Waals surface area contributed by atoms with Crippen molar-refractivity contribution in [2.24, 2.45) is 11.8 Å². The van der Waals surface area contributed by atoms with E-state index in [9.17, 15) is 28.0 Å². The molecule has 0 saturated carbocycles. The molecule has 4 atom stereocenters. The van der Waals surface area contributed by atoms with Crippen molar-refractivity contribution in [3.63, 3.8) is 0 Å². The number of hydrogen-bond donors (Lipinski definition) is 0. The number of fused-ring (bicyclic) bond motifs is 5. The zero-order chi connectivity index (χ0) is 31.4. The van der Waals surface area contributed by atoms with Gasteiger partial charge in [0.1, 0.15) is 11.2 Å². The molecule has 2 saturated heterocycles. The van der Waals surface area contributed by atoms with E-state index in [-0.39, 0.29) is 37.0 Å². The van der Waals surface area contributed by atoms with Crippen LogP contribution in [0.3, 0.4) is 0 Å². The van der Waals surface area contributed by atoms with Crippen LogP contribution in [0.5, 0.6) is 0 Å². The van der Waals surface area contributed by atoms with E-state index in [1.165, 1.54) is 12.1 Å². The van der Waals surface area contributed by atoms with Crippen molar-refractivity contribution in [2.45, 2.75) is 69.3 Å². The monoisotopic (exact) mass is 612 g/mol. The molecule has 2 amide bonds. The zero-order valence-corrected chi connectivity index (χ0v) is 25.8. The Morgan fingerprint density at radius 1 is 1.00 bits per heavy atom. The fourth-order valence-electron chi connectivity index (χ4n) is 5.99. The standard InChI is InChI=1S/C32H35F3N2O5Si/c1-29(2,3)43(4,5)41-16-15-30-13-14-31(42-30,20-40-19-21-9-7-6-8-10-21)26-25(30)27(38)37(28(26)39)23-12-11-22(18-36)24(17-23)32(33,34)35/h6-14,17,25-26H,15-16,19-20H2,1-5H3/t25-,26+,30+,31-/m0/s1. The molecular formula is C32H35F3N2O5Si. The summed E-state index contributed by atoms with van der Waals surface area (Å²) in [5, 5.41) is 9.18. The molecule has 228 valence electrons. The average molecular weight is 613 g/mol. The lowest BCUT2D eigenvalue weighted by Crippen LogP contribution is -2.45. The van der Waals surface area contributed by atoms with Crippen molar-refractivity contribution in [3.8, 4) is 6.07 Å². The molecule has 3 heterocycles. The number of hydrogen-bond acceptors (Lipinski definition) is 6. The van der Waals surface area contributed by atoms with Crippen molar-refractivity contribution in [2.75, 3.05) is 18.1 Å². The van der Waals surface area contributed by atoms with Crippen molar-refractivity contribution >= 4 is 25.8 Å². The summed E-state index contributed by atoms with van der Waals surface area (Å²) in [6.45, 7) is 11.1. The van der Waals surface area contributed by atoms with Gasteiger partial charge in [-0.25, -0.2) is 4.90 Å². The summed E-state index contributed by atoms with van der Waals surface area (Å²) in [6.07, 6.45) is -1.00. The lowest BCUT2D eigenvalue weighted by molar-refractivity contribution is -0.138. The number of benzene rings is 2. The SMILES string of the molecule is CC(C)(C)[Si](C)(C)OCC[C@@]12C=C[C@@](COCc3ccccc3)(O1)[C@H]1C(=O)N(c3ccc(C#N)c(C(F)(F)F)c3)C(=O)[C@H]12. The summed E-state index contributed by atoms with van der Waals surface area (Å²) in [5.41, 5.74) is -3.59. The molecule has 2 fully saturated rings. The van der Waals surface area contributed by atoms with Crippen LogP contribution in [-0.4, -0.2) is 44.5 Å². The molecule has 0 spiro atoms. The third kappa shape index (κ3) is 5.35. The minimum atomic E-state index is -4.85. The van der Waals surface area contributed by atoms with Crippen LogP contribution >= 0.6 is 0 Å². The largest absolute Gasteiger partial charge is 0.417 e. The topological polar surface area (TPSA) is 88.9 Å². The molecule has 2 bridgehead atoms. The van der Waals surface area contributed by atoms with E-state index in [1.54, 1.807) is 12.2 Å². The van der Waals surface area contributed by atoms with E-state index in [4.69, 9.17) is 13.9 Å². The van der Waals surface area contributed by atoms with Crippen molar-refractivity contribution < 1.29 is 36.7 Å². The van der Waals surface area contributed by atoms with Gasteiger partial charge >= 0.3 is 6.18 Å². The Morgan fingerprint density at radius 3 is 2.23 bits per heavy atom. The molecule has 3 aliphatic heterocycles. The number of ether oxygens (including phenoxy) is 2. The van der Waals surface area contributed by atoms with E-state index in [0.717, 1.165) is 16.5 Å². The van der Waals surface area contributed by atoms with Crippen LogP contribution < -0.4 is 4.90 Å². The number of carbonyl (C=O) groups is 2. The maximum Gasteiger partial charge on any atom is 0.417 e. The highest BCUT2D eigenvalue weighted by atomic mass is 28.4. The Morgan fingerprint density at radius 2 is 1.63 bits per heavy atom. The number of imide groups is 1. The Balaban J connectivity index is 1.48. The van der Waals surface area contributed by atoms with Crippen LogP contribution in [-0.2, 0) is 36.3 Å². The van der Waals surface area contributed by atoms with Gasteiger partial charge in [-0.1, -0.05) is 63.3 Å². The molecule has 7 nitrogen and oxygen atoms in total. The van der Waals surface area contributed by atoms with Gasteiger partial charge in [-0.15, -0.1) is 0 Å². The van der Waals surface area contributed by atoms with Gasteiger partial charge in [-0.2, -0.15) is 18.4 Å². The van der Waals surface area contributed by atoms with Crippen molar-refractivity contribution in [3.05, 3.63) is 77.4 Å². The number of nitrogens with zero attached hydrogens (tertiary/aromatic N) is 2. The summed E-state index contributed by atoms with van der Waals surface area (Å²) in [4.78, 5) is 28.9. The summed E-state index contributed by atoms with van der Waals surface area (Å²) < 4.78 is 60.4. The number of amides is 2. The van der Waals surface area contributed by atoms with Crippen LogP contribution in [0.15, 0.2) is 60.7 Å². The van der Waals surface area contributed by atoms with Gasteiger partial charge < -0.3 is 13.9 Å². The van der Waals surface area contributed by atoms with E-state index < -0.39 is 60.5 Å². The summed E-state index contributed by atoms with van der Waals surface area (Å²) in [7, 11) is -2.15. The molecule has 0 radical (unpaired) electrons. The van der Waals surface area contributed by atoms with Crippen molar-refractivity contribution in [1.29, 1.82) is 5.26 Å². The first-order valence-corrected chi connectivity index (χ1v) is 17.1. The van der Waals surface area contributed by atoms with Gasteiger partial charge in [-0.3, -0.25) is 9.59 Å². The minimum absolute atomic E-state index is 0.0293. The molecule has 5 rings (SSSR count). The van der Waals surface area contributed by atoms with Crippen LogP contribution in [0.2, 0.25) is 18.1 Å². The third-order valence-corrected chi connectivity index (χ3v) is 13.8. The van der Waals surface area contributed by atoms with Gasteiger partial charge in [0.25, 0.3) is 0 Å². The first-order valence-electron chi connectivity index (χ1n) is 14.2. The number of halogens is 3. The molecular weight excluding hydrogens is 577 g/mol. The summed E-state index contributed by atoms with van der Waals surface area (Å²) in [5.74, 6) is -3.28. The van der Waals surface area contributed by atoms with Gasteiger partial charge in [-0.05, 0) is 41.9 Å². The molecule has 0 aliphatic carbocycles. The Bertz CT molecular complexity index is 1500. The van der Waals surface area contributed by atoms with Crippen LogP contribution in [0, 0.1) is 23.2 Å². The summed E-state index contributed by atoms with van der Waals surface area (Å²) in [6, 6.07) is 13.9. The molecule has 11 heteroatoms. The Hall–Kier alpha value is -3.30. The first kappa shape index (κ1) is 31.1. The minimum Gasteiger partial charge on any atom is -0.417 e. The second kappa shape index (κ2) is 10.7. The maximum absolute atomic E-state index is 14.0. The molecule has 3 aliphatic rings. The number of alkyl halides is 3. The third-order valence-electron chi connectivity index (χ3n) is 9.27. The second-order valence-electron chi connectivity index (χ2n) is 13.0. The Kier molecular flexibility index (Phi) is 7.75. The zero-order valence-electron chi connectivity index (χ0n) is 24.8. The molecule has 0 unspecified atom stereocenters. The molecule has 2 aromatic rings. The number of nitriles is 1. The predicted octanol–water partition coefficient (Wildman–Crippen LogP) is 6.39. The Labute approximate surface area is 250 Å².